The van der Waals surface area contributed by atoms with Gasteiger partial charge in [0.25, 0.3) is 0 Å². The van der Waals surface area contributed by atoms with E-state index in [4.69, 9.17) is 0 Å². The lowest BCUT2D eigenvalue weighted by molar-refractivity contribution is 0.639. The molecule has 3 heteroatoms. The van der Waals surface area contributed by atoms with Crippen molar-refractivity contribution in [2.45, 2.75) is 18.8 Å². The van der Waals surface area contributed by atoms with E-state index in [9.17, 15) is 4.39 Å². The van der Waals surface area contributed by atoms with Crippen LogP contribution in [0.3, 0.4) is 0 Å². The van der Waals surface area contributed by atoms with Gasteiger partial charge < -0.3 is 4.57 Å². The summed E-state index contributed by atoms with van der Waals surface area (Å²) in [5, 5.41) is 0.800. The number of fused-ring (bicyclic) bond motifs is 1. The van der Waals surface area contributed by atoms with Crippen LogP contribution in [0.15, 0.2) is 22.8 Å². The van der Waals surface area contributed by atoms with Crippen molar-refractivity contribution in [3.8, 4) is 0 Å². The molecule has 0 spiro atoms. The lowest BCUT2D eigenvalue weighted by Gasteiger charge is -1.97. The van der Waals surface area contributed by atoms with E-state index in [-0.39, 0.29) is 5.82 Å². The maximum absolute atomic E-state index is 13.8. The summed E-state index contributed by atoms with van der Waals surface area (Å²) in [7, 11) is 1.97. The monoisotopic (exact) mass is 267 g/mol. The first-order valence-electron chi connectivity index (χ1n) is 5.12. The van der Waals surface area contributed by atoms with Crippen LogP contribution in [0.4, 0.5) is 4.39 Å². The molecule has 1 aliphatic rings. The van der Waals surface area contributed by atoms with E-state index in [1.54, 1.807) is 12.1 Å². The molecule has 2 aromatic rings. The Kier molecular flexibility index (Phi) is 1.93. The molecular formula is C12H11BrFN. The molecule has 1 nitrogen and oxygen atoms in total. The molecule has 0 radical (unpaired) electrons. The quantitative estimate of drug-likeness (QED) is 0.737. The predicted octanol–water partition coefficient (Wildman–Crippen LogP) is 3.96. The van der Waals surface area contributed by atoms with Crippen molar-refractivity contribution < 1.29 is 4.39 Å². The molecule has 1 aromatic carbocycles. The van der Waals surface area contributed by atoms with Crippen LogP contribution >= 0.6 is 15.9 Å². The van der Waals surface area contributed by atoms with Crippen LogP contribution in [-0.2, 0) is 7.05 Å². The number of nitrogens with zero attached hydrogens (tertiary/aromatic N) is 1. The number of hydrogen-bond acceptors (Lipinski definition) is 0. The van der Waals surface area contributed by atoms with E-state index in [1.165, 1.54) is 12.8 Å². The fourth-order valence-corrected chi connectivity index (χ4v) is 2.91. The molecule has 1 heterocycles. The number of aromatic nitrogens is 1. The molecule has 1 aromatic heterocycles. The second-order valence-electron chi connectivity index (χ2n) is 4.17. The number of hydrogen-bond donors (Lipinski definition) is 0. The van der Waals surface area contributed by atoms with Crippen molar-refractivity contribution in [2.75, 3.05) is 0 Å². The molecule has 0 saturated heterocycles. The maximum Gasteiger partial charge on any atom is 0.132 e. The summed E-state index contributed by atoms with van der Waals surface area (Å²) in [6.07, 6.45) is 2.37. The fourth-order valence-electron chi connectivity index (χ4n) is 2.19. The van der Waals surface area contributed by atoms with Gasteiger partial charge >= 0.3 is 0 Å². The van der Waals surface area contributed by atoms with Crippen molar-refractivity contribution in [1.29, 1.82) is 0 Å². The van der Waals surface area contributed by atoms with Crippen LogP contribution < -0.4 is 0 Å². The minimum absolute atomic E-state index is 0.101. The van der Waals surface area contributed by atoms with Crippen LogP contribution in [0.2, 0.25) is 0 Å². The van der Waals surface area contributed by atoms with Crippen LogP contribution in [0.1, 0.15) is 24.3 Å². The highest BCUT2D eigenvalue weighted by atomic mass is 79.9. The maximum atomic E-state index is 13.8. The fraction of sp³-hybridized carbons (Fsp3) is 0.333. The van der Waals surface area contributed by atoms with E-state index in [0.29, 0.717) is 5.92 Å². The second kappa shape index (κ2) is 3.08. The Morgan fingerprint density at radius 3 is 2.80 bits per heavy atom. The lowest BCUT2D eigenvalue weighted by Crippen LogP contribution is -1.86. The molecule has 0 bridgehead atoms. The average molecular weight is 268 g/mol. The predicted molar refractivity (Wildman–Crippen MR) is 62.6 cm³/mol. The highest BCUT2D eigenvalue weighted by molar-refractivity contribution is 9.10. The molecule has 0 unspecified atom stereocenters. The van der Waals surface area contributed by atoms with Gasteiger partial charge in [-0.2, -0.15) is 0 Å². The molecule has 1 aliphatic carbocycles. The minimum atomic E-state index is -0.101. The molecule has 78 valence electrons. The standard InChI is InChI=1S/C12H11BrFN/c1-15-9-4-2-3-8(14)11(9)10(12(15)13)7-5-6-7/h2-4,7H,5-6H2,1H3. The van der Waals surface area contributed by atoms with Gasteiger partial charge in [-0.1, -0.05) is 6.07 Å². The Morgan fingerprint density at radius 2 is 2.13 bits per heavy atom. The van der Waals surface area contributed by atoms with Crippen LogP contribution in [0.5, 0.6) is 0 Å². The zero-order chi connectivity index (χ0) is 10.6. The lowest BCUT2D eigenvalue weighted by atomic mass is 10.1. The first kappa shape index (κ1) is 9.40. The van der Waals surface area contributed by atoms with E-state index in [1.807, 2.05) is 17.7 Å². The Labute approximate surface area is 96.0 Å². The summed E-state index contributed by atoms with van der Waals surface area (Å²) in [6.45, 7) is 0. The van der Waals surface area contributed by atoms with Crippen molar-refractivity contribution in [3.63, 3.8) is 0 Å². The van der Waals surface area contributed by atoms with Gasteiger partial charge in [0.05, 0.1) is 10.1 Å². The van der Waals surface area contributed by atoms with Crippen LogP contribution in [0, 0.1) is 5.82 Å². The number of halogens is 2. The third-order valence-electron chi connectivity index (χ3n) is 3.12. The van der Waals surface area contributed by atoms with Gasteiger partial charge in [-0.25, -0.2) is 4.39 Å². The smallest absolute Gasteiger partial charge is 0.132 e. The molecule has 0 aliphatic heterocycles. The van der Waals surface area contributed by atoms with Crippen LogP contribution in [0.25, 0.3) is 10.9 Å². The Hall–Kier alpha value is -0.830. The normalized spacial score (nSPS) is 16.2. The Balaban J connectivity index is 2.45. The molecule has 1 saturated carbocycles. The SMILES string of the molecule is Cn1c(Br)c(C2CC2)c2c(F)cccc21. The first-order chi connectivity index (χ1) is 7.20. The topological polar surface area (TPSA) is 4.93 Å². The molecular weight excluding hydrogens is 257 g/mol. The van der Waals surface area contributed by atoms with Crippen LogP contribution in [-0.4, -0.2) is 4.57 Å². The first-order valence-corrected chi connectivity index (χ1v) is 5.91. The van der Waals surface area contributed by atoms with Gasteiger partial charge in [-0.3, -0.25) is 0 Å². The number of benzene rings is 1. The Bertz CT molecular complexity index is 540. The zero-order valence-electron chi connectivity index (χ0n) is 8.43. The molecule has 0 amide bonds. The van der Waals surface area contributed by atoms with Gasteiger partial charge in [0.2, 0.25) is 0 Å². The molecule has 0 atom stereocenters. The molecule has 0 N–H and O–H groups in total. The third kappa shape index (κ3) is 1.26. The highest BCUT2D eigenvalue weighted by Gasteiger charge is 2.31. The number of rotatable bonds is 1. The second-order valence-corrected chi connectivity index (χ2v) is 4.92. The highest BCUT2D eigenvalue weighted by Crippen LogP contribution is 2.48. The summed E-state index contributed by atoms with van der Waals surface area (Å²) < 4.78 is 16.8. The van der Waals surface area contributed by atoms with E-state index < -0.39 is 0 Å². The largest absolute Gasteiger partial charge is 0.338 e. The average Bonchev–Trinajstić information content (AvgIpc) is 3.00. The van der Waals surface area contributed by atoms with E-state index >= 15 is 0 Å². The van der Waals surface area contributed by atoms with Gasteiger partial charge in [0.1, 0.15) is 5.82 Å². The minimum Gasteiger partial charge on any atom is -0.338 e. The molecule has 3 rings (SSSR count). The molecule has 15 heavy (non-hydrogen) atoms. The summed E-state index contributed by atoms with van der Waals surface area (Å²) in [6, 6.07) is 5.27. The third-order valence-corrected chi connectivity index (χ3v) is 4.08. The van der Waals surface area contributed by atoms with E-state index in [2.05, 4.69) is 15.9 Å². The van der Waals surface area contributed by atoms with Gasteiger partial charge in [-0.05, 0) is 52.4 Å². The summed E-state index contributed by atoms with van der Waals surface area (Å²) in [5.74, 6) is 0.454. The Morgan fingerprint density at radius 1 is 1.40 bits per heavy atom. The van der Waals surface area contributed by atoms with Crippen molar-refractivity contribution in [1.82, 2.24) is 4.57 Å². The van der Waals surface area contributed by atoms with Gasteiger partial charge in [-0.15, -0.1) is 0 Å². The zero-order valence-corrected chi connectivity index (χ0v) is 10.0. The van der Waals surface area contributed by atoms with Gasteiger partial charge in [0.15, 0.2) is 0 Å². The molecule has 1 fully saturated rings. The van der Waals surface area contributed by atoms with Crippen molar-refractivity contribution in [2.24, 2.45) is 7.05 Å². The number of aryl methyl sites for hydroxylation is 1. The summed E-state index contributed by atoms with van der Waals surface area (Å²) in [5.41, 5.74) is 2.13. The van der Waals surface area contributed by atoms with Gasteiger partial charge in [0, 0.05) is 12.4 Å². The van der Waals surface area contributed by atoms with Crippen molar-refractivity contribution in [3.05, 3.63) is 34.2 Å². The van der Waals surface area contributed by atoms with Crippen molar-refractivity contribution >= 4 is 26.8 Å². The van der Waals surface area contributed by atoms with E-state index in [0.717, 1.165) is 21.1 Å². The summed E-state index contributed by atoms with van der Waals surface area (Å²) in [4.78, 5) is 0. The summed E-state index contributed by atoms with van der Waals surface area (Å²) >= 11 is 3.56.